The second-order valence-corrected chi connectivity index (χ2v) is 5.43. The third-order valence-corrected chi connectivity index (χ3v) is 3.90. The normalized spacial score (nSPS) is 18.5. The molecule has 0 aromatic heterocycles. The minimum Gasteiger partial charge on any atom is -0.497 e. The number of nitrogens with zero attached hydrogens (tertiary/aromatic N) is 1. The largest absolute Gasteiger partial charge is 0.497 e. The van der Waals surface area contributed by atoms with E-state index in [9.17, 15) is 9.59 Å². The maximum Gasteiger partial charge on any atom is 0.429 e. The van der Waals surface area contributed by atoms with Crippen molar-refractivity contribution < 1.29 is 23.8 Å². The minimum atomic E-state index is -0.688. The minimum absolute atomic E-state index is 0.0959. The van der Waals surface area contributed by atoms with E-state index in [0.29, 0.717) is 6.42 Å². The lowest BCUT2D eigenvalue weighted by Crippen LogP contribution is -2.53. The van der Waals surface area contributed by atoms with Gasteiger partial charge < -0.3 is 14.2 Å². The summed E-state index contributed by atoms with van der Waals surface area (Å²) in [5.74, 6) is 0.638. The first-order chi connectivity index (χ1) is 12.1. The molecule has 1 N–H and O–H groups in total. The van der Waals surface area contributed by atoms with Gasteiger partial charge in [0.15, 0.2) is 0 Å². The summed E-state index contributed by atoms with van der Waals surface area (Å²) in [4.78, 5) is 24.2. The number of benzene rings is 1. The number of carbonyl (C=O) groups is 2. The van der Waals surface area contributed by atoms with Crippen molar-refractivity contribution in [3.63, 3.8) is 0 Å². The molecule has 0 radical (unpaired) electrons. The molecule has 7 nitrogen and oxygen atoms in total. The molecule has 0 fully saturated rings. The number of ether oxygens (including phenoxy) is 3. The average Bonchev–Trinajstić information content (AvgIpc) is 3.09. The first-order valence-corrected chi connectivity index (χ1v) is 8.30. The van der Waals surface area contributed by atoms with Crippen LogP contribution in [-0.2, 0) is 9.47 Å². The standard InChI is InChI=1S/C18H24N2O5/c1-4-24-17(21)19-20(18(22)25-5-2)16-11-7-10-15(16)13-8-6-9-14(12-13)23-3/h6-10,12,15-16H,4-5,11H2,1-3H3,(H,19,21)/t15?,16-/m0/s1. The summed E-state index contributed by atoms with van der Waals surface area (Å²) in [5.41, 5.74) is 3.48. The van der Waals surface area contributed by atoms with E-state index in [2.05, 4.69) is 5.43 Å². The van der Waals surface area contributed by atoms with Crippen LogP contribution < -0.4 is 10.2 Å². The number of nitrogens with one attached hydrogen (secondary N) is 1. The van der Waals surface area contributed by atoms with Crippen LogP contribution >= 0.6 is 0 Å². The molecule has 0 bridgehead atoms. The lowest BCUT2D eigenvalue weighted by molar-refractivity contribution is 0.0541. The molecule has 2 atom stereocenters. The number of hydrogen-bond acceptors (Lipinski definition) is 5. The van der Waals surface area contributed by atoms with E-state index < -0.39 is 12.2 Å². The zero-order valence-electron chi connectivity index (χ0n) is 14.7. The molecule has 0 saturated carbocycles. The average molecular weight is 348 g/mol. The van der Waals surface area contributed by atoms with Gasteiger partial charge in [0, 0.05) is 5.92 Å². The summed E-state index contributed by atoms with van der Waals surface area (Å²) in [6.45, 7) is 3.84. The molecule has 0 saturated heterocycles. The molecule has 0 spiro atoms. The molecule has 1 aliphatic carbocycles. The number of carbonyl (C=O) groups excluding carboxylic acids is 2. The Morgan fingerprint density at radius 2 is 2.00 bits per heavy atom. The van der Waals surface area contributed by atoms with Crippen molar-refractivity contribution in [1.29, 1.82) is 0 Å². The smallest absolute Gasteiger partial charge is 0.429 e. The molecule has 0 heterocycles. The second-order valence-electron chi connectivity index (χ2n) is 5.43. The van der Waals surface area contributed by atoms with Crippen molar-refractivity contribution in [2.45, 2.75) is 32.2 Å². The van der Waals surface area contributed by atoms with E-state index in [-0.39, 0.29) is 25.2 Å². The molecule has 1 aromatic rings. The predicted molar refractivity (Wildman–Crippen MR) is 92.3 cm³/mol. The third kappa shape index (κ3) is 4.65. The molecule has 7 heteroatoms. The highest BCUT2D eigenvalue weighted by molar-refractivity contribution is 5.74. The SMILES string of the molecule is CCOC(=O)NN(C(=O)OCC)[C@H]1CC=CC1c1cccc(OC)c1. The van der Waals surface area contributed by atoms with E-state index in [1.54, 1.807) is 21.0 Å². The lowest BCUT2D eigenvalue weighted by Gasteiger charge is -2.32. The molecule has 1 aliphatic rings. The molecule has 1 unspecified atom stereocenters. The van der Waals surface area contributed by atoms with Gasteiger partial charge in [0.2, 0.25) is 0 Å². The first kappa shape index (κ1) is 18.6. The fraction of sp³-hybridized carbons (Fsp3) is 0.444. The van der Waals surface area contributed by atoms with E-state index in [4.69, 9.17) is 14.2 Å². The molecule has 2 amide bonds. The highest BCUT2D eigenvalue weighted by Crippen LogP contribution is 2.33. The lowest BCUT2D eigenvalue weighted by atomic mass is 9.94. The Hall–Kier alpha value is -2.70. The van der Waals surface area contributed by atoms with Gasteiger partial charge in [0.25, 0.3) is 0 Å². The van der Waals surface area contributed by atoms with E-state index >= 15 is 0 Å². The molecule has 0 aliphatic heterocycles. The summed E-state index contributed by atoms with van der Waals surface area (Å²) in [7, 11) is 1.61. The third-order valence-electron chi connectivity index (χ3n) is 3.90. The van der Waals surface area contributed by atoms with Gasteiger partial charge in [0.05, 0.1) is 26.4 Å². The fourth-order valence-corrected chi connectivity index (χ4v) is 2.81. The van der Waals surface area contributed by atoms with Crippen LogP contribution in [0.5, 0.6) is 5.75 Å². The number of methoxy groups -OCH3 is 1. The molecular formula is C18H24N2O5. The van der Waals surface area contributed by atoms with Gasteiger partial charge in [-0.3, -0.25) is 0 Å². The van der Waals surface area contributed by atoms with E-state index in [1.807, 2.05) is 36.4 Å². The van der Waals surface area contributed by atoms with Gasteiger partial charge >= 0.3 is 12.2 Å². The van der Waals surface area contributed by atoms with Gasteiger partial charge in [-0.2, -0.15) is 0 Å². The summed E-state index contributed by atoms with van der Waals surface area (Å²) in [6, 6.07) is 7.32. The van der Waals surface area contributed by atoms with Crippen molar-refractivity contribution in [2.75, 3.05) is 20.3 Å². The van der Waals surface area contributed by atoms with Gasteiger partial charge in [-0.05, 0) is 38.0 Å². The van der Waals surface area contributed by atoms with E-state index in [1.165, 1.54) is 5.01 Å². The summed E-state index contributed by atoms with van der Waals surface area (Å²) in [6.07, 6.45) is 3.28. The number of rotatable bonds is 5. The highest BCUT2D eigenvalue weighted by atomic mass is 16.6. The zero-order valence-corrected chi connectivity index (χ0v) is 14.7. The van der Waals surface area contributed by atoms with Crippen molar-refractivity contribution in [3.8, 4) is 5.75 Å². The Labute approximate surface area is 147 Å². The monoisotopic (exact) mass is 348 g/mol. The van der Waals surface area contributed by atoms with E-state index in [0.717, 1.165) is 11.3 Å². The van der Waals surface area contributed by atoms with Gasteiger partial charge in [0.1, 0.15) is 5.75 Å². The Kier molecular flexibility index (Phi) is 6.68. The first-order valence-electron chi connectivity index (χ1n) is 8.30. The Morgan fingerprint density at radius 1 is 1.24 bits per heavy atom. The number of hydrazine groups is 1. The molecule has 2 rings (SSSR count). The number of hydrogen-bond donors (Lipinski definition) is 1. The maximum atomic E-state index is 12.4. The molecular weight excluding hydrogens is 324 g/mol. The van der Waals surface area contributed by atoms with Crippen LogP contribution in [0.3, 0.4) is 0 Å². The predicted octanol–water partition coefficient (Wildman–Crippen LogP) is 3.23. The van der Waals surface area contributed by atoms with Crippen LogP contribution in [0.1, 0.15) is 31.7 Å². The van der Waals surface area contributed by atoms with Crippen molar-refractivity contribution >= 4 is 12.2 Å². The van der Waals surface area contributed by atoms with Crippen LogP contribution in [0.2, 0.25) is 0 Å². The van der Waals surface area contributed by atoms with Crippen molar-refractivity contribution in [1.82, 2.24) is 10.4 Å². The molecule has 1 aromatic carbocycles. The second kappa shape index (κ2) is 8.96. The Morgan fingerprint density at radius 3 is 2.68 bits per heavy atom. The summed E-state index contributed by atoms with van der Waals surface area (Å²) >= 11 is 0. The van der Waals surface area contributed by atoms with Crippen LogP contribution in [0, 0.1) is 0 Å². The Balaban J connectivity index is 2.24. The quantitative estimate of drug-likeness (QED) is 0.653. The van der Waals surface area contributed by atoms with Gasteiger partial charge in [-0.15, -0.1) is 0 Å². The molecule has 25 heavy (non-hydrogen) atoms. The molecule has 136 valence electrons. The van der Waals surface area contributed by atoms with Gasteiger partial charge in [-0.1, -0.05) is 24.3 Å². The summed E-state index contributed by atoms with van der Waals surface area (Å²) in [5, 5.41) is 1.21. The maximum absolute atomic E-state index is 12.4. The Bertz CT molecular complexity index is 632. The highest BCUT2D eigenvalue weighted by Gasteiger charge is 2.35. The summed E-state index contributed by atoms with van der Waals surface area (Å²) < 4.78 is 15.3. The van der Waals surface area contributed by atoms with Crippen LogP contribution in [0.4, 0.5) is 9.59 Å². The number of amides is 2. The van der Waals surface area contributed by atoms with Crippen LogP contribution in [-0.4, -0.2) is 43.6 Å². The van der Waals surface area contributed by atoms with Crippen molar-refractivity contribution in [3.05, 3.63) is 42.0 Å². The van der Waals surface area contributed by atoms with Crippen LogP contribution in [0.15, 0.2) is 36.4 Å². The topological polar surface area (TPSA) is 77.1 Å². The van der Waals surface area contributed by atoms with Gasteiger partial charge in [-0.25, -0.2) is 20.0 Å². The zero-order chi connectivity index (χ0) is 18.2. The van der Waals surface area contributed by atoms with Crippen LogP contribution in [0.25, 0.3) is 0 Å². The fourth-order valence-electron chi connectivity index (χ4n) is 2.81. The van der Waals surface area contributed by atoms with Crippen molar-refractivity contribution in [2.24, 2.45) is 0 Å².